The van der Waals surface area contributed by atoms with Crippen molar-refractivity contribution in [3.05, 3.63) is 24.0 Å². The van der Waals surface area contributed by atoms with E-state index in [2.05, 4.69) is 5.32 Å². The van der Waals surface area contributed by atoms with Crippen molar-refractivity contribution in [1.29, 1.82) is 0 Å². The zero-order valence-corrected chi connectivity index (χ0v) is 10.5. The Labute approximate surface area is 106 Å². The molecule has 102 valence electrons. The molecule has 0 aliphatic heterocycles. The fourth-order valence-electron chi connectivity index (χ4n) is 1.63. The molecule has 0 aromatic carbocycles. The van der Waals surface area contributed by atoms with Gasteiger partial charge in [-0.1, -0.05) is 6.92 Å². The summed E-state index contributed by atoms with van der Waals surface area (Å²) < 4.78 is 1.78. The molecule has 1 heterocycles. The molecular weight excluding hydrogens is 236 g/mol. The van der Waals surface area contributed by atoms with Crippen LogP contribution < -0.4 is 5.32 Å². The molecule has 1 rings (SSSR count). The Morgan fingerprint density at radius 3 is 2.44 bits per heavy atom. The Morgan fingerprint density at radius 2 is 1.94 bits per heavy atom. The minimum absolute atomic E-state index is 0.425. The molecule has 0 atom stereocenters. The maximum atomic E-state index is 12.0. The van der Waals surface area contributed by atoms with E-state index in [1.807, 2.05) is 6.92 Å². The summed E-state index contributed by atoms with van der Waals surface area (Å²) in [5.74, 6) is -0.425. The molecule has 0 aliphatic rings. The van der Waals surface area contributed by atoms with Gasteiger partial charge >= 0.3 is 0 Å². The van der Waals surface area contributed by atoms with E-state index in [0.29, 0.717) is 12.2 Å². The van der Waals surface area contributed by atoms with Gasteiger partial charge in [-0.15, -0.1) is 0 Å². The molecule has 1 aromatic heterocycles. The van der Waals surface area contributed by atoms with Gasteiger partial charge in [0.25, 0.3) is 5.91 Å². The molecule has 1 amide bonds. The number of carbonyl (C=O) groups excluding carboxylic acids is 1. The van der Waals surface area contributed by atoms with Crippen molar-refractivity contribution in [1.82, 2.24) is 9.88 Å². The number of hydrogen-bond donors (Lipinski definition) is 4. The molecule has 18 heavy (non-hydrogen) atoms. The molecule has 0 aliphatic carbocycles. The number of rotatable bonds is 7. The number of aromatic nitrogens is 1. The van der Waals surface area contributed by atoms with Crippen LogP contribution in [0, 0.1) is 0 Å². The van der Waals surface area contributed by atoms with Crippen molar-refractivity contribution in [2.75, 3.05) is 19.8 Å². The second-order valence-corrected chi connectivity index (χ2v) is 4.30. The third-order valence-corrected chi connectivity index (χ3v) is 2.81. The van der Waals surface area contributed by atoms with Gasteiger partial charge in [0.15, 0.2) is 0 Å². The lowest BCUT2D eigenvalue weighted by molar-refractivity contribution is 0.0371. The lowest BCUT2D eigenvalue weighted by Gasteiger charge is -2.28. The number of hydrogen-bond acceptors (Lipinski definition) is 4. The van der Waals surface area contributed by atoms with Crippen LogP contribution in [0.15, 0.2) is 18.3 Å². The van der Waals surface area contributed by atoms with Crippen molar-refractivity contribution in [2.45, 2.75) is 25.4 Å². The quantitative estimate of drug-likeness (QED) is 0.521. The maximum absolute atomic E-state index is 12.0. The number of nitrogens with zero attached hydrogens (tertiary/aromatic N) is 1. The van der Waals surface area contributed by atoms with E-state index in [1.54, 1.807) is 22.9 Å². The molecule has 0 unspecified atom stereocenters. The van der Waals surface area contributed by atoms with Crippen LogP contribution in [0.4, 0.5) is 0 Å². The Bertz CT molecular complexity index is 377. The first kappa shape index (κ1) is 14.7. The lowest BCUT2D eigenvalue weighted by Crippen LogP contribution is -2.57. The normalized spacial score (nSPS) is 11.6. The maximum Gasteiger partial charge on any atom is 0.268 e. The van der Waals surface area contributed by atoms with Gasteiger partial charge in [0, 0.05) is 12.7 Å². The summed E-state index contributed by atoms with van der Waals surface area (Å²) in [6, 6.07) is 3.41. The highest BCUT2D eigenvalue weighted by atomic mass is 16.3. The third-order valence-electron chi connectivity index (χ3n) is 2.81. The topological polar surface area (TPSA) is 94.7 Å². The number of aliphatic hydroxyl groups excluding tert-OH is 3. The van der Waals surface area contributed by atoms with Gasteiger partial charge in [0.1, 0.15) is 11.2 Å². The van der Waals surface area contributed by atoms with Gasteiger partial charge in [0.2, 0.25) is 0 Å². The van der Waals surface area contributed by atoms with E-state index in [9.17, 15) is 4.79 Å². The number of aliphatic hydroxyl groups is 3. The summed E-state index contributed by atoms with van der Waals surface area (Å²) in [6.07, 6.45) is 2.68. The summed E-state index contributed by atoms with van der Waals surface area (Å²) in [5, 5.41) is 29.9. The van der Waals surface area contributed by atoms with E-state index in [0.717, 1.165) is 6.42 Å². The fraction of sp³-hybridized carbons (Fsp3) is 0.583. The Balaban J connectivity index is 2.84. The zero-order chi connectivity index (χ0) is 13.6. The van der Waals surface area contributed by atoms with Crippen LogP contribution in [0.1, 0.15) is 23.8 Å². The lowest BCUT2D eigenvalue weighted by atomic mass is 10.0. The summed E-state index contributed by atoms with van der Waals surface area (Å²) in [4.78, 5) is 12.0. The largest absolute Gasteiger partial charge is 0.394 e. The first-order valence-electron chi connectivity index (χ1n) is 5.92. The van der Waals surface area contributed by atoms with Crippen LogP contribution in [0.25, 0.3) is 0 Å². The average Bonchev–Trinajstić information content (AvgIpc) is 2.85. The molecule has 0 spiro atoms. The summed E-state index contributed by atoms with van der Waals surface area (Å²) in [6.45, 7) is 1.13. The summed E-state index contributed by atoms with van der Waals surface area (Å²) in [5.41, 5.74) is -0.949. The molecule has 6 nitrogen and oxygen atoms in total. The highest BCUT2D eigenvalue weighted by molar-refractivity contribution is 5.93. The number of nitrogens with one attached hydrogen (secondary N) is 1. The number of carbonyl (C=O) groups is 1. The second kappa shape index (κ2) is 6.53. The van der Waals surface area contributed by atoms with Crippen molar-refractivity contribution in [3.63, 3.8) is 0 Å². The van der Waals surface area contributed by atoms with E-state index < -0.39 is 31.3 Å². The van der Waals surface area contributed by atoms with Crippen LogP contribution in [-0.2, 0) is 6.54 Å². The van der Waals surface area contributed by atoms with Crippen LogP contribution in [0.3, 0.4) is 0 Å². The molecule has 4 N–H and O–H groups in total. The van der Waals surface area contributed by atoms with Gasteiger partial charge in [0.05, 0.1) is 19.8 Å². The second-order valence-electron chi connectivity index (χ2n) is 4.30. The standard InChI is InChI=1S/C12H20N2O4/c1-2-5-14-6-3-4-10(14)11(18)13-12(7-15,8-16)9-17/h3-4,6,15-17H,2,5,7-9H2,1H3,(H,13,18). The molecule has 0 saturated heterocycles. The smallest absolute Gasteiger partial charge is 0.268 e. The molecule has 0 saturated carbocycles. The fourth-order valence-corrected chi connectivity index (χ4v) is 1.63. The van der Waals surface area contributed by atoms with Crippen LogP contribution in [0.5, 0.6) is 0 Å². The number of aryl methyl sites for hydroxylation is 1. The highest BCUT2D eigenvalue weighted by Crippen LogP contribution is 2.08. The first-order valence-corrected chi connectivity index (χ1v) is 5.92. The number of amides is 1. The predicted molar refractivity (Wildman–Crippen MR) is 66.2 cm³/mol. The SMILES string of the molecule is CCCn1cccc1C(=O)NC(CO)(CO)CO. The van der Waals surface area contributed by atoms with Gasteiger partial charge in [-0.2, -0.15) is 0 Å². The van der Waals surface area contributed by atoms with Crippen molar-refractivity contribution < 1.29 is 20.1 Å². The van der Waals surface area contributed by atoms with Crippen molar-refractivity contribution >= 4 is 5.91 Å². The molecule has 1 aromatic rings. The monoisotopic (exact) mass is 256 g/mol. The van der Waals surface area contributed by atoms with Gasteiger partial charge in [-0.25, -0.2) is 0 Å². The molecule has 0 radical (unpaired) electrons. The van der Waals surface area contributed by atoms with Gasteiger partial charge in [-0.3, -0.25) is 4.79 Å². The average molecular weight is 256 g/mol. The molecule has 0 bridgehead atoms. The van der Waals surface area contributed by atoms with Crippen LogP contribution in [-0.4, -0.2) is 51.2 Å². The zero-order valence-electron chi connectivity index (χ0n) is 10.5. The van der Waals surface area contributed by atoms with Gasteiger partial charge in [-0.05, 0) is 18.6 Å². The summed E-state index contributed by atoms with van der Waals surface area (Å²) in [7, 11) is 0. The van der Waals surface area contributed by atoms with E-state index >= 15 is 0 Å². The van der Waals surface area contributed by atoms with Crippen molar-refractivity contribution in [2.24, 2.45) is 0 Å². The van der Waals surface area contributed by atoms with Gasteiger partial charge < -0.3 is 25.2 Å². The van der Waals surface area contributed by atoms with E-state index in [4.69, 9.17) is 15.3 Å². The van der Waals surface area contributed by atoms with E-state index in [1.165, 1.54) is 0 Å². The molecule has 6 heteroatoms. The summed E-state index contributed by atoms with van der Waals surface area (Å²) >= 11 is 0. The third kappa shape index (κ3) is 3.10. The Morgan fingerprint density at radius 1 is 1.33 bits per heavy atom. The van der Waals surface area contributed by atoms with Crippen LogP contribution in [0.2, 0.25) is 0 Å². The van der Waals surface area contributed by atoms with Crippen LogP contribution >= 0.6 is 0 Å². The molecular formula is C12H20N2O4. The minimum atomic E-state index is -1.39. The van der Waals surface area contributed by atoms with E-state index in [-0.39, 0.29) is 0 Å². The Hall–Kier alpha value is -1.37. The first-order chi connectivity index (χ1) is 8.62. The Kier molecular flexibility index (Phi) is 5.33. The predicted octanol–water partition coefficient (Wildman–Crippen LogP) is -0.656. The minimum Gasteiger partial charge on any atom is -0.394 e. The highest BCUT2D eigenvalue weighted by Gasteiger charge is 2.30. The van der Waals surface area contributed by atoms with Crippen molar-refractivity contribution in [3.8, 4) is 0 Å². The molecule has 0 fully saturated rings.